The second-order valence-electron chi connectivity index (χ2n) is 5.97. The Kier molecular flexibility index (Phi) is 4.13. The van der Waals surface area contributed by atoms with E-state index >= 15 is 0 Å². The lowest BCUT2D eigenvalue weighted by Gasteiger charge is -2.31. The molecule has 5 nitrogen and oxygen atoms in total. The number of imidazole rings is 1. The fourth-order valence-electron chi connectivity index (χ4n) is 3.13. The summed E-state index contributed by atoms with van der Waals surface area (Å²) in [6.07, 6.45) is 5.65. The number of hydrogen-bond acceptors (Lipinski definition) is 4. The molecule has 4 rings (SSSR count). The van der Waals surface area contributed by atoms with Gasteiger partial charge in [-0.05, 0) is 12.8 Å². The molecule has 1 aliphatic heterocycles. The summed E-state index contributed by atoms with van der Waals surface area (Å²) >= 11 is 1.52. The number of aromatic nitrogens is 3. The van der Waals surface area contributed by atoms with Gasteiger partial charge in [0.25, 0.3) is 5.91 Å². The quantitative estimate of drug-likeness (QED) is 0.794. The zero-order valence-corrected chi connectivity index (χ0v) is 14.0. The Labute approximate surface area is 144 Å². The Morgan fingerprint density at radius 3 is 2.96 bits per heavy atom. The van der Waals surface area contributed by atoms with E-state index in [4.69, 9.17) is 0 Å². The highest BCUT2D eigenvalue weighted by Gasteiger charge is 2.28. The van der Waals surface area contributed by atoms with Gasteiger partial charge in [-0.15, -0.1) is 11.3 Å². The van der Waals surface area contributed by atoms with Crippen LogP contribution in [0.1, 0.15) is 35.1 Å². The molecular weight excluding hydrogens is 320 g/mol. The van der Waals surface area contributed by atoms with Crippen molar-refractivity contribution >= 4 is 17.2 Å². The lowest BCUT2D eigenvalue weighted by atomic mass is 9.97. The van der Waals surface area contributed by atoms with Crippen LogP contribution in [0.4, 0.5) is 0 Å². The van der Waals surface area contributed by atoms with E-state index in [9.17, 15) is 4.79 Å². The largest absolute Gasteiger partial charge is 0.348 e. The predicted octanol–water partition coefficient (Wildman–Crippen LogP) is 3.55. The zero-order chi connectivity index (χ0) is 16.4. The van der Waals surface area contributed by atoms with Crippen LogP contribution in [0.3, 0.4) is 0 Å². The van der Waals surface area contributed by atoms with Gasteiger partial charge in [-0.25, -0.2) is 9.97 Å². The number of thiazole rings is 1. The first kappa shape index (κ1) is 15.1. The van der Waals surface area contributed by atoms with E-state index in [0.29, 0.717) is 12.2 Å². The Bertz CT molecular complexity index is 813. The summed E-state index contributed by atoms with van der Waals surface area (Å²) in [7, 11) is 0. The van der Waals surface area contributed by atoms with Crippen molar-refractivity contribution in [3.63, 3.8) is 0 Å². The molecule has 1 saturated heterocycles. The van der Waals surface area contributed by atoms with Gasteiger partial charge in [0.05, 0.1) is 0 Å². The molecule has 3 heterocycles. The summed E-state index contributed by atoms with van der Waals surface area (Å²) in [5, 5.41) is 2.75. The third-order valence-electron chi connectivity index (χ3n) is 4.36. The number of likely N-dealkylation sites (tertiary alicyclic amines) is 1. The molecule has 1 aliphatic rings. The average Bonchev–Trinajstić information content (AvgIpc) is 3.34. The van der Waals surface area contributed by atoms with Gasteiger partial charge in [-0.3, -0.25) is 4.79 Å². The van der Waals surface area contributed by atoms with E-state index in [0.717, 1.165) is 35.8 Å². The molecule has 2 aromatic heterocycles. The van der Waals surface area contributed by atoms with Crippen LogP contribution in [0.5, 0.6) is 0 Å². The predicted molar refractivity (Wildman–Crippen MR) is 94.0 cm³/mol. The van der Waals surface area contributed by atoms with E-state index in [1.807, 2.05) is 46.8 Å². The van der Waals surface area contributed by atoms with Gasteiger partial charge in [0.1, 0.15) is 16.5 Å². The van der Waals surface area contributed by atoms with E-state index < -0.39 is 0 Å². The lowest BCUT2D eigenvalue weighted by Crippen LogP contribution is -2.39. The van der Waals surface area contributed by atoms with Crippen LogP contribution in [-0.2, 0) is 0 Å². The lowest BCUT2D eigenvalue weighted by molar-refractivity contribution is 0.0699. The first-order valence-electron chi connectivity index (χ1n) is 8.11. The number of benzene rings is 1. The summed E-state index contributed by atoms with van der Waals surface area (Å²) in [6, 6.07) is 9.97. The van der Waals surface area contributed by atoms with Crippen LogP contribution in [0.25, 0.3) is 10.6 Å². The summed E-state index contributed by atoms with van der Waals surface area (Å²) in [5.74, 6) is 1.27. The van der Waals surface area contributed by atoms with E-state index in [1.54, 1.807) is 6.20 Å². The van der Waals surface area contributed by atoms with Crippen molar-refractivity contribution in [2.45, 2.75) is 18.8 Å². The summed E-state index contributed by atoms with van der Waals surface area (Å²) in [6.45, 7) is 1.48. The summed E-state index contributed by atoms with van der Waals surface area (Å²) < 4.78 is 0. The normalized spacial score (nSPS) is 17.8. The molecule has 0 saturated carbocycles. The number of nitrogens with one attached hydrogen (secondary N) is 1. The summed E-state index contributed by atoms with van der Waals surface area (Å²) in [4.78, 5) is 26.8. The smallest absolute Gasteiger partial charge is 0.273 e. The number of nitrogens with zero attached hydrogens (tertiary/aromatic N) is 3. The number of amides is 1. The van der Waals surface area contributed by atoms with Crippen LogP contribution in [0.2, 0.25) is 0 Å². The monoisotopic (exact) mass is 338 g/mol. The van der Waals surface area contributed by atoms with Gasteiger partial charge in [-0.1, -0.05) is 30.3 Å². The number of piperidine rings is 1. The van der Waals surface area contributed by atoms with Gasteiger partial charge in [0, 0.05) is 42.3 Å². The van der Waals surface area contributed by atoms with Crippen molar-refractivity contribution in [3.8, 4) is 10.6 Å². The maximum atomic E-state index is 12.8. The molecule has 1 fully saturated rings. The van der Waals surface area contributed by atoms with Crippen LogP contribution in [0, 0.1) is 0 Å². The molecule has 0 bridgehead atoms. The van der Waals surface area contributed by atoms with Crippen LogP contribution < -0.4 is 0 Å². The molecule has 1 atom stereocenters. The topological polar surface area (TPSA) is 61.9 Å². The molecule has 6 heteroatoms. The fraction of sp³-hybridized carbons (Fsp3) is 0.278. The molecule has 0 aliphatic carbocycles. The first-order chi connectivity index (χ1) is 11.8. The minimum Gasteiger partial charge on any atom is -0.348 e. The molecule has 0 spiro atoms. The van der Waals surface area contributed by atoms with Crippen molar-refractivity contribution in [1.82, 2.24) is 19.9 Å². The molecule has 1 aromatic carbocycles. The van der Waals surface area contributed by atoms with Gasteiger partial charge in [0.15, 0.2) is 0 Å². The SMILES string of the molecule is O=C(c1csc(-c2ccccc2)n1)N1CCC[C@H](c2ncc[nH]2)C1. The van der Waals surface area contributed by atoms with Crippen molar-refractivity contribution < 1.29 is 4.79 Å². The van der Waals surface area contributed by atoms with Crippen molar-refractivity contribution in [2.75, 3.05) is 13.1 Å². The van der Waals surface area contributed by atoms with Gasteiger partial charge >= 0.3 is 0 Å². The van der Waals surface area contributed by atoms with Crippen LogP contribution in [0.15, 0.2) is 48.1 Å². The minimum absolute atomic E-state index is 0.0182. The van der Waals surface area contributed by atoms with Crippen LogP contribution >= 0.6 is 11.3 Å². The average molecular weight is 338 g/mol. The van der Waals surface area contributed by atoms with Crippen molar-refractivity contribution in [3.05, 3.63) is 59.6 Å². The Morgan fingerprint density at radius 2 is 2.17 bits per heavy atom. The van der Waals surface area contributed by atoms with Crippen LogP contribution in [-0.4, -0.2) is 38.8 Å². The van der Waals surface area contributed by atoms with Crippen molar-refractivity contribution in [2.24, 2.45) is 0 Å². The maximum Gasteiger partial charge on any atom is 0.273 e. The second kappa shape index (κ2) is 6.57. The van der Waals surface area contributed by atoms with Gasteiger partial charge in [0.2, 0.25) is 0 Å². The minimum atomic E-state index is 0.0182. The first-order valence-corrected chi connectivity index (χ1v) is 8.99. The number of H-pyrrole nitrogens is 1. The molecule has 3 aromatic rings. The zero-order valence-electron chi connectivity index (χ0n) is 13.2. The molecule has 24 heavy (non-hydrogen) atoms. The number of hydrogen-bond donors (Lipinski definition) is 1. The van der Waals surface area contributed by atoms with E-state index in [1.165, 1.54) is 11.3 Å². The molecule has 1 amide bonds. The highest BCUT2D eigenvalue weighted by molar-refractivity contribution is 7.13. The second-order valence-corrected chi connectivity index (χ2v) is 6.83. The van der Waals surface area contributed by atoms with Crippen molar-refractivity contribution in [1.29, 1.82) is 0 Å². The Morgan fingerprint density at radius 1 is 1.29 bits per heavy atom. The molecule has 122 valence electrons. The third-order valence-corrected chi connectivity index (χ3v) is 5.25. The number of carbonyl (C=O) groups is 1. The molecular formula is C18H18N4OS. The van der Waals surface area contributed by atoms with E-state index in [2.05, 4.69) is 15.0 Å². The summed E-state index contributed by atoms with van der Waals surface area (Å²) in [5.41, 5.74) is 1.59. The highest BCUT2D eigenvalue weighted by Crippen LogP contribution is 2.27. The van der Waals surface area contributed by atoms with E-state index in [-0.39, 0.29) is 11.8 Å². The number of rotatable bonds is 3. The Balaban J connectivity index is 1.50. The fourth-order valence-corrected chi connectivity index (χ4v) is 3.93. The molecule has 0 radical (unpaired) electrons. The van der Waals surface area contributed by atoms with Gasteiger partial charge in [-0.2, -0.15) is 0 Å². The highest BCUT2D eigenvalue weighted by atomic mass is 32.1. The Hall–Kier alpha value is -2.47. The number of aromatic amines is 1. The maximum absolute atomic E-state index is 12.8. The third kappa shape index (κ3) is 2.97. The number of carbonyl (C=O) groups excluding carboxylic acids is 1. The molecule has 0 unspecified atom stereocenters. The standard InChI is InChI=1S/C18H18N4OS/c23-18(15-12-24-17(21-15)13-5-2-1-3-6-13)22-10-4-7-14(11-22)16-19-8-9-20-16/h1-3,5-6,8-9,12,14H,4,7,10-11H2,(H,19,20)/t14-/m0/s1. The van der Waals surface area contributed by atoms with Gasteiger partial charge < -0.3 is 9.88 Å². The molecule has 1 N–H and O–H groups in total.